The number of carbonyl (C=O) groups is 9. The zero-order valence-electron chi connectivity index (χ0n) is 50.5. The number of carbonyl (C=O) groups excluding carboxylic acids is 9. The fourth-order valence-electron chi connectivity index (χ4n) is 10.2. The molecule has 0 bridgehead atoms. The lowest BCUT2D eigenvalue weighted by atomic mass is 10.1. The minimum Gasteiger partial charge on any atom is -0.467 e. The Balaban J connectivity index is 1.40. The van der Waals surface area contributed by atoms with Gasteiger partial charge in [0.05, 0.1) is 44.0 Å². The Bertz CT molecular complexity index is 2940. The van der Waals surface area contributed by atoms with Crippen LogP contribution in [-0.2, 0) is 69.0 Å². The van der Waals surface area contributed by atoms with E-state index in [4.69, 9.17) is 21.6 Å². The van der Waals surface area contributed by atoms with Crippen molar-refractivity contribution in [2.45, 2.75) is 102 Å². The van der Waals surface area contributed by atoms with E-state index in [1.54, 1.807) is 49.4 Å². The molecule has 484 valence electrons. The first-order chi connectivity index (χ1) is 42.6. The number of thiol groups is 1. The van der Waals surface area contributed by atoms with Crippen LogP contribution in [0.4, 0.5) is 13.2 Å². The van der Waals surface area contributed by atoms with E-state index < -0.39 is 129 Å². The molecule has 22 nitrogen and oxygen atoms in total. The molecule has 3 aromatic carbocycles. The molecule has 0 unspecified atom stereocenters. The third kappa shape index (κ3) is 23.8. The molecule has 89 heavy (non-hydrogen) atoms. The molecule has 0 aliphatic heterocycles. The molecule has 1 aliphatic carbocycles. The largest absolute Gasteiger partial charge is 0.467 e. The van der Waals surface area contributed by atoms with Crippen molar-refractivity contribution in [3.63, 3.8) is 0 Å². The summed E-state index contributed by atoms with van der Waals surface area (Å²) in [6.45, 7) is 1.51. The van der Waals surface area contributed by atoms with Crippen molar-refractivity contribution in [1.29, 1.82) is 0 Å². The monoisotopic (exact) mass is 1260 g/mol. The summed E-state index contributed by atoms with van der Waals surface area (Å²) >= 11 is 4.09. The van der Waals surface area contributed by atoms with Crippen LogP contribution in [0.3, 0.4) is 0 Å². The molecule has 5 rings (SSSR count). The Morgan fingerprint density at radius 3 is 1.81 bits per heavy atom. The molecular formula is C63H85F3N12O10S. The van der Waals surface area contributed by atoms with Crippen molar-refractivity contribution < 1.29 is 60.7 Å². The number of nitrogens with zero attached hydrogens (tertiary/aromatic N) is 7. The zero-order chi connectivity index (χ0) is 64.9. The van der Waals surface area contributed by atoms with Gasteiger partial charge in [0.1, 0.15) is 44.5 Å². The van der Waals surface area contributed by atoms with E-state index in [0.29, 0.717) is 50.6 Å². The van der Waals surface area contributed by atoms with Gasteiger partial charge in [-0.3, -0.25) is 43.2 Å². The van der Waals surface area contributed by atoms with Gasteiger partial charge in [-0.2, -0.15) is 25.8 Å². The highest BCUT2D eigenvalue weighted by atomic mass is 32.1. The van der Waals surface area contributed by atoms with Crippen molar-refractivity contribution in [3.8, 4) is 0 Å². The standard InChI is InChI=1S/C63H85F3N12O10S/c1-3-29-72(41-60(85)77(46(2)49-21-8-5-9-22-49)43-58(83)74(31-15-13-28-68)39-56(81)73(30-14-12-27-67)38-54(79)71-53(45-89)62(69)87)57(82)40-76(37-52-26-17-32-88-52)59(84)44-78(51-24-10-11-25-51)61(86)42-75(36-48-20-16-23-50(33-48)63(64,65)66)55(80)35-70-34-47-18-6-4-7-19-47/h3-9,16-23,26,32-33,46,51,53,70,89H,1,10-15,24-25,27-31,34-45,67-68H2,2H3,(H2,69,87)(H,71,79)/t46-,53-/m0/s1. The second-order valence-corrected chi connectivity index (χ2v) is 22.2. The summed E-state index contributed by atoms with van der Waals surface area (Å²) in [5.74, 6) is -5.87. The van der Waals surface area contributed by atoms with Crippen molar-refractivity contribution in [3.05, 3.63) is 144 Å². The number of benzene rings is 3. The van der Waals surface area contributed by atoms with Gasteiger partial charge in [0.2, 0.25) is 53.2 Å². The number of hydrogen-bond acceptors (Lipinski definition) is 14. The van der Waals surface area contributed by atoms with E-state index in [0.717, 1.165) is 35.4 Å². The third-order valence-corrected chi connectivity index (χ3v) is 15.5. The maximum atomic E-state index is 14.9. The normalized spacial score (nSPS) is 12.9. The summed E-state index contributed by atoms with van der Waals surface area (Å²) in [4.78, 5) is 136. The van der Waals surface area contributed by atoms with Crippen LogP contribution in [0.5, 0.6) is 0 Å². The lowest BCUT2D eigenvalue weighted by Crippen LogP contribution is -2.53. The number of halogens is 3. The molecule has 1 heterocycles. The number of nitrogens with two attached hydrogens (primary N) is 3. The van der Waals surface area contributed by atoms with Crippen molar-refractivity contribution in [2.24, 2.45) is 17.2 Å². The summed E-state index contributed by atoms with van der Waals surface area (Å²) in [7, 11) is 0. The molecule has 0 saturated heterocycles. The number of primary amides is 1. The van der Waals surface area contributed by atoms with Crippen LogP contribution >= 0.6 is 12.6 Å². The van der Waals surface area contributed by atoms with E-state index in [1.165, 1.54) is 53.9 Å². The summed E-state index contributed by atoms with van der Waals surface area (Å²) in [5, 5.41) is 5.53. The van der Waals surface area contributed by atoms with E-state index in [1.807, 2.05) is 30.3 Å². The Morgan fingerprint density at radius 2 is 1.21 bits per heavy atom. The number of amides is 9. The molecule has 1 aliphatic rings. The Kier molecular flexibility index (Phi) is 29.8. The first kappa shape index (κ1) is 71.7. The molecule has 1 fully saturated rings. The minimum absolute atomic E-state index is 0.0446. The maximum absolute atomic E-state index is 14.9. The fourth-order valence-corrected chi connectivity index (χ4v) is 10.4. The van der Waals surface area contributed by atoms with E-state index in [9.17, 15) is 56.3 Å². The van der Waals surface area contributed by atoms with E-state index in [2.05, 4.69) is 29.8 Å². The van der Waals surface area contributed by atoms with Crippen LogP contribution in [-0.4, -0.2) is 190 Å². The van der Waals surface area contributed by atoms with Crippen molar-refractivity contribution in [2.75, 3.05) is 90.8 Å². The number of rotatable bonds is 38. The minimum atomic E-state index is -4.68. The van der Waals surface area contributed by atoms with Gasteiger partial charge in [-0.1, -0.05) is 91.7 Å². The number of alkyl halides is 3. The molecule has 0 spiro atoms. The van der Waals surface area contributed by atoms with Crippen LogP contribution in [0, 0.1) is 0 Å². The highest BCUT2D eigenvalue weighted by molar-refractivity contribution is 7.80. The van der Waals surface area contributed by atoms with Crippen LogP contribution in [0.1, 0.15) is 92.3 Å². The van der Waals surface area contributed by atoms with Gasteiger partial charge >= 0.3 is 6.18 Å². The van der Waals surface area contributed by atoms with E-state index in [-0.39, 0.29) is 69.4 Å². The van der Waals surface area contributed by atoms with Crippen LogP contribution < -0.4 is 27.8 Å². The smallest absolute Gasteiger partial charge is 0.416 e. The van der Waals surface area contributed by atoms with Gasteiger partial charge in [0.15, 0.2) is 0 Å². The second-order valence-electron chi connectivity index (χ2n) is 21.8. The topological polar surface area (TPSA) is 292 Å². The SMILES string of the molecule is C=CCN(CC(=O)N(CC(=O)N(CCCCN)CC(=O)N(CCCCN)CC(=O)N[C@@H](CS)C(N)=O)[C@@H](C)c1ccccc1)C(=O)CN(Cc1ccco1)C(=O)CN(C(=O)CN(Cc1cccc(C(F)(F)F)c1)C(=O)CNCc1ccccc1)C1CCCC1. The number of hydrogen-bond donors (Lipinski definition) is 6. The highest BCUT2D eigenvalue weighted by Crippen LogP contribution is 2.30. The van der Waals surface area contributed by atoms with Gasteiger partial charge in [-0.25, -0.2) is 0 Å². The molecule has 1 aromatic heterocycles. The quantitative estimate of drug-likeness (QED) is 0.0212. The lowest BCUT2D eigenvalue weighted by Gasteiger charge is -2.35. The molecule has 9 amide bonds. The molecule has 1 saturated carbocycles. The van der Waals surface area contributed by atoms with Gasteiger partial charge < -0.3 is 66.6 Å². The van der Waals surface area contributed by atoms with Gasteiger partial charge in [-0.15, -0.1) is 6.58 Å². The average molecular weight is 1260 g/mol. The van der Waals surface area contributed by atoms with Crippen LogP contribution in [0.25, 0.3) is 0 Å². The van der Waals surface area contributed by atoms with Gasteiger partial charge in [-0.05, 0) is 99.5 Å². The third-order valence-electron chi connectivity index (χ3n) is 15.1. The highest BCUT2D eigenvalue weighted by Gasteiger charge is 2.36. The molecule has 2 atom stereocenters. The predicted octanol–water partition coefficient (Wildman–Crippen LogP) is 3.86. The summed E-state index contributed by atoms with van der Waals surface area (Å²) in [6, 6.07) is 23.3. The molecule has 26 heteroatoms. The zero-order valence-corrected chi connectivity index (χ0v) is 51.4. The van der Waals surface area contributed by atoms with E-state index >= 15 is 0 Å². The lowest BCUT2D eigenvalue weighted by molar-refractivity contribution is -0.150. The number of furan rings is 1. The number of nitrogens with one attached hydrogen (secondary N) is 2. The Hall–Kier alpha value is -8.07. The Labute approximate surface area is 523 Å². The molecular weight excluding hydrogens is 1170 g/mol. The first-order valence-corrected chi connectivity index (χ1v) is 30.5. The summed E-state index contributed by atoms with van der Waals surface area (Å²) in [6.07, 6.45) is 2.36. The van der Waals surface area contributed by atoms with Gasteiger partial charge in [0, 0.05) is 44.5 Å². The predicted molar refractivity (Wildman–Crippen MR) is 331 cm³/mol. The molecule has 8 N–H and O–H groups in total. The van der Waals surface area contributed by atoms with Crippen molar-refractivity contribution in [1.82, 2.24) is 44.9 Å². The first-order valence-electron chi connectivity index (χ1n) is 29.8. The Morgan fingerprint density at radius 1 is 0.652 bits per heavy atom. The van der Waals surface area contributed by atoms with Crippen molar-refractivity contribution >= 4 is 65.8 Å². The maximum Gasteiger partial charge on any atom is 0.416 e. The second kappa shape index (κ2) is 37.1. The summed E-state index contributed by atoms with van der Waals surface area (Å²) < 4.78 is 47.3. The molecule has 4 aromatic rings. The number of unbranched alkanes of at least 4 members (excludes halogenated alkanes) is 2. The summed E-state index contributed by atoms with van der Waals surface area (Å²) in [5.41, 5.74) is 17.7. The average Bonchev–Trinajstić information content (AvgIpc) is 4.18. The van der Waals surface area contributed by atoms with Crippen LogP contribution in [0.15, 0.2) is 120 Å². The van der Waals surface area contributed by atoms with Gasteiger partial charge in [0.25, 0.3) is 0 Å². The fraction of sp³-hybridized carbons (Fsp3) is 0.476. The van der Waals surface area contributed by atoms with Crippen LogP contribution in [0.2, 0.25) is 0 Å². The molecule has 0 radical (unpaired) electrons.